The maximum atomic E-state index is 5.63. The van der Waals surface area contributed by atoms with E-state index in [1.165, 1.54) is 10.5 Å². The summed E-state index contributed by atoms with van der Waals surface area (Å²) in [6.45, 7) is 2.15. The molecule has 0 fully saturated rings. The standard InChI is InChI=1S/C14H18N2OS/c1-2-18-13-5-3-12(4-6-13)14(16-15)9-11-7-8-17-10-11/h3-8,10,14,16H,2,9,15H2,1H3. The van der Waals surface area contributed by atoms with E-state index in [1.807, 2.05) is 17.8 Å². The lowest BCUT2D eigenvalue weighted by Gasteiger charge is -2.15. The molecule has 0 aliphatic rings. The fraction of sp³-hybridized carbons (Fsp3) is 0.286. The van der Waals surface area contributed by atoms with Crippen molar-refractivity contribution in [2.75, 3.05) is 5.75 Å². The Hall–Kier alpha value is -1.23. The van der Waals surface area contributed by atoms with E-state index in [9.17, 15) is 0 Å². The molecule has 1 aromatic carbocycles. The molecule has 1 aromatic heterocycles. The summed E-state index contributed by atoms with van der Waals surface area (Å²) >= 11 is 1.84. The molecule has 3 N–H and O–H groups in total. The highest BCUT2D eigenvalue weighted by Crippen LogP contribution is 2.22. The van der Waals surface area contributed by atoms with Gasteiger partial charge in [-0.1, -0.05) is 19.1 Å². The lowest BCUT2D eigenvalue weighted by Crippen LogP contribution is -2.29. The maximum absolute atomic E-state index is 5.63. The number of nitrogens with two attached hydrogens (primary N) is 1. The zero-order valence-electron chi connectivity index (χ0n) is 10.4. The normalized spacial score (nSPS) is 12.6. The highest BCUT2D eigenvalue weighted by atomic mass is 32.2. The summed E-state index contributed by atoms with van der Waals surface area (Å²) < 4.78 is 5.07. The van der Waals surface area contributed by atoms with E-state index in [1.54, 1.807) is 12.5 Å². The van der Waals surface area contributed by atoms with Crippen molar-refractivity contribution < 1.29 is 4.42 Å². The number of hydrogen-bond acceptors (Lipinski definition) is 4. The molecule has 0 bridgehead atoms. The van der Waals surface area contributed by atoms with Gasteiger partial charge in [0.15, 0.2) is 0 Å². The number of hydrogen-bond donors (Lipinski definition) is 2. The van der Waals surface area contributed by atoms with Crippen molar-refractivity contribution >= 4 is 11.8 Å². The average Bonchev–Trinajstić information content (AvgIpc) is 2.90. The summed E-state index contributed by atoms with van der Waals surface area (Å²) in [4.78, 5) is 1.29. The highest BCUT2D eigenvalue weighted by molar-refractivity contribution is 7.99. The van der Waals surface area contributed by atoms with Gasteiger partial charge in [-0.2, -0.15) is 0 Å². The van der Waals surface area contributed by atoms with Crippen LogP contribution in [0.2, 0.25) is 0 Å². The van der Waals surface area contributed by atoms with Crippen molar-refractivity contribution in [2.24, 2.45) is 5.84 Å². The van der Waals surface area contributed by atoms with Crippen LogP contribution in [0.25, 0.3) is 0 Å². The molecule has 0 aliphatic heterocycles. The van der Waals surface area contributed by atoms with Crippen LogP contribution in [0.3, 0.4) is 0 Å². The van der Waals surface area contributed by atoms with E-state index in [2.05, 4.69) is 36.6 Å². The fourth-order valence-corrected chi connectivity index (χ4v) is 2.54. The third kappa shape index (κ3) is 3.38. The van der Waals surface area contributed by atoms with Crippen LogP contribution >= 0.6 is 11.8 Å². The summed E-state index contributed by atoms with van der Waals surface area (Å²) in [5.74, 6) is 6.72. The number of benzene rings is 1. The topological polar surface area (TPSA) is 51.2 Å². The van der Waals surface area contributed by atoms with Gasteiger partial charge in [-0.3, -0.25) is 11.3 Å². The smallest absolute Gasteiger partial charge is 0.0935 e. The lowest BCUT2D eigenvalue weighted by molar-refractivity contribution is 0.535. The first kappa shape index (κ1) is 13.2. The van der Waals surface area contributed by atoms with Crippen LogP contribution in [-0.2, 0) is 6.42 Å². The molecule has 18 heavy (non-hydrogen) atoms. The molecule has 0 spiro atoms. The van der Waals surface area contributed by atoms with Gasteiger partial charge in [0.2, 0.25) is 0 Å². The Kier molecular flexibility index (Phi) is 4.87. The molecule has 2 aromatic rings. The third-order valence-electron chi connectivity index (χ3n) is 2.81. The van der Waals surface area contributed by atoms with Crippen molar-refractivity contribution in [3.8, 4) is 0 Å². The van der Waals surface area contributed by atoms with E-state index in [0.29, 0.717) is 0 Å². The van der Waals surface area contributed by atoms with E-state index in [0.717, 1.165) is 17.7 Å². The van der Waals surface area contributed by atoms with Crippen LogP contribution in [0, 0.1) is 0 Å². The van der Waals surface area contributed by atoms with Gasteiger partial charge in [0, 0.05) is 4.90 Å². The molecule has 1 atom stereocenters. The maximum Gasteiger partial charge on any atom is 0.0935 e. The van der Waals surface area contributed by atoms with Gasteiger partial charge in [-0.25, -0.2) is 0 Å². The lowest BCUT2D eigenvalue weighted by atomic mass is 10.0. The fourth-order valence-electron chi connectivity index (χ4n) is 1.88. The van der Waals surface area contributed by atoms with Gasteiger partial charge in [-0.05, 0) is 41.5 Å². The molecule has 2 rings (SSSR count). The summed E-state index contributed by atoms with van der Waals surface area (Å²) in [6, 6.07) is 10.6. The van der Waals surface area contributed by atoms with Crippen LogP contribution in [0.1, 0.15) is 24.1 Å². The Labute approximate surface area is 112 Å². The van der Waals surface area contributed by atoms with Crippen LogP contribution < -0.4 is 11.3 Å². The van der Waals surface area contributed by atoms with E-state index >= 15 is 0 Å². The van der Waals surface area contributed by atoms with Crippen LogP contribution in [0.4, 0.5) is 0 Å². The molecule has 0 saturated carbocycles. The van der Waals surface area contributed by atoms with Crippen LogP contribution in [-0.4, -0.2) is 5.75 Å². The molecular formula is C14H18N2OS. The largest absolute Gasteiger partial charge is 0.472 e. The van der Waals surface area contributed by atoms with Gasteiger partial charge in [0.25, 0.3) is 0 Å². The molecule has 0 aliphatic carbocycles. The summed E-state index contributed by atoms with van der Waals surface area (Å²) in [5, 5.41) is 0. The molecule has 3 nitrogen and oxygen atoms in total. The second kappa shape index (κ2) is 6.64. The predicted octanol–water partition coefficient (Wildman–Crippen LogP) is 3.14. The minimum atomic E-state index is 0.114. The molecular weight excluding hydrogens is 244 g/mol. The zero-order chi connectivity index (χ0) is 12.8. The minimum absolute atomic E-state index is 0.114. The van der Waals surface area contributed by atoms with Crippen molar-refractivity contribution in [3.63, 3.8) is 0 Å². The molecule has 1 unspecified atom stereocenters. The van der Waals surface area contributed by atoms with Crippen molar-refractivity contribution in [1.82, 2.24) is 5.43 Å². The molecule has 0 amide bonds. The van der Waals surface area contributed by atoms with E-state index in [4.69, 9.17) is 10.3 Å². The molecule has 0 radical (unpaired) electrons. The Bertz CT molecular complexity index is 453. The SMILES string of the molecule is CCSc1ccc(C(Cc2ccoc2)NN)cc1. The monoisotopic (exact) mass is 262 g/mol. The Morgan fingerprint density at radius 3 is 2.61 bits per heavy atom. The van der Waals surface area contributed by atoms with Crippen molar-refractivity contribution in [3.05, 3.63) is 54.0 Å². The highest BCUT2D eigenvalue weighted by Gasteiger charge is 2.11. The number of thioether (sulfide) groups is 1. The molecule has 4 heteroatoms. The molecule has 1 heterocycles. The first-order chi connectivity index (χ1) is 8.83. The first-order valence-corrected chi connectivity index (χ1v) is 7.02. The zero-order valence-corrected chi connectivity index (χ0v) is 11.2. The minimum Gasteiger partial charge on any atom is -0.472 e. The van der Waals surface area contributed by atoms with Gasteiger partial charge < -0.3 is 4.42 Å². The van der Waals surface area contributed by atoms with Crippen molar-refractivity contribution in [2.45, 2.75) is 24.3 Å². The van der Waals surface area contributed by atoms with Gasteiger partial charge in [0.05, 0.1) is 18.6 Å². The molecule has 96 valence electrons. The van der Waals surface area contributed by atoms with Gasteiger partial charge in [-0.15, -0.1) is 11.8 Å². The predicted molar refractivity (Wildman–Crippen MR) is 75.3 cm³/mol. The Balaban J connectivity index is 2.07. The summed E-state index contributed by atoms with van der Waals surface area (Å²) in [6.07, 6.45) is 4.27. The number of nitrogens with one attached hydrogen (secondary N) is 1. The van der Waals surface area contributed by atoms with Gasteiger partial charge in [0.1, 0.15) is 0 Å². The Morgan fingerprint density at radius 2 is 2.06 bits per heavy atom. The number of hydrazine groups is 1. The second-order valence-electron chi connectivity index (χ2n) is 4.06. The van der Waals surface area contributed by atoms with Crippen molar-refractivity contribution in [1.29, 1.82) is 0 Å². The quantitative estimate of drug-likeness (QED) is 0.477. The number of furan rings is 1. The molecule has 0 saturated heterocycles. The van der Waals surface area contributed by atoms with Gasteiger partial charge >= 0.3 is 0 Å². The average molecular weight is 262 g/mol. The number of rotatable bonds is 6. The second-order valence-corrected chi connectivity index (χ2v) is 5.39. The van der Waals surface area contributed by atoms with E-state index in [-0.39, 0.29) is 6.04 Å². The van der Waals surface area contributed by atoms with Crippen LogP contribution in [0.15, 0.2) is 52.2 Å². The van der Waals surface area contributed by atoms with Crippen LogP contribution in [0.5, 0.6) is 0 Å². The summed E-state index contributed by atoms with van der Waals surface area (Å²) in [5.41, 5.74) is 5.20. The third-order valence-corrected chi connectivity index (χ3v) is 3.71. The Morgan fingerprint density at radius 1 is 1.28 bits per heavy atom. The first-order valence-electron chi connectivity index (χ1n) is 6.03. The summed E-state index contributed by atoms with van der Waals surface area (Å²) in [7, 11) is 0. The van der Waals surface area contributed by atoms with E-state index < -0.39 is 0 Å².